The molecule has 0 bridgehead atoms. The zero-order valence-corrected chi connectivity index (χ0v) is 17.0. The van der Waals surface area contributed by atoms with E-state index in [1.807, 2.05) is 51.1 Å². The highest BCUT2D eigenvalue weighted by Crippen LogP contribution is 2.26. The van der Waals surface area contributed by atoms with Gasteiger partial charge in [-0.25, -0.2) is 9.78 Å². The second-order valence-electron chi connectivity index (χ2n) is 8.06. The number of nitrogens with zero attached hydrogens (tertiary/aromatic N) is 3. The molecule has 7 heteroatoms. The molecule has 0 aliphatic carbocycles. The average molecular weight is 387 g/mol. The summed E-state index contributed by atoms with van der Waals surface area (Å²) in [5.74, 6) is 0.526. The summed E-state index contributed by atoms with van der Waals surface area (Å²) in [6, 6.07) is 9.55. The largest absolute Gasteiger partial charge is 0.481 e. The molecule has 1 amide bonds. The van der Waals surface area contributed by atoms with Crippen LogP contribution in [0.5, 0.6) is 5.88 Å². The van der Waals surface area contributed by atoms with Crippen molar-refractivity contribution in [2.24, 2.45) is 0 Å². The number of benzene rings is 1. The highest BCUT2D eigenvalue weighted by molar-refractivity contribution is 5.82. The van der Waals surface area contributed by atoms with Crippen LogP contribution in [0.4, 0.5) is 4.79 Å². The van der Waals surface area contributed by atoms with E-state index in [9.17, 15) is 9.90 Å². The number of carbonyl (C=O) groups is 1. The van der Waals surface area contributed by atoms with Crippen molar-refractivity contribution in [2.75, 3.05) is 39.8 Å². The van der Waals surface area contributed by atoms with Crippen molar-refractivity contribution in [3.05, 3.63) is 35.9 Å². The number of aliphatic hydroxyl groups is 1. The molecular formula is C21H29N3O4. The minimum atomic E-state index is -0.670. The molecule has 1 aliphatic heterocycles. The van der Waals surface area contributed by atoms with Gasteiger partial charge in [-0.3, -0.25) is 4.90 Å². The summed E-state index contributed by atoms with van der Waals surface area (Å²) in [5.41, 5.74) is 1.04. The number of piperazine rings is 1. The van der Waals surface area contributed by atoms with Gasteiger partial charge < -0.3 is 19.5 Å². The molecular weight excluding hydrogens is 358 g/mol. The van der Waals surface area contributed by atoms with Crippen LogP contribution < -0.4 is 4.74 Å². The van der Waals surface area contributed by atoms with Gasteiger partial charge in [0.1, 0.15) is 5.60 Å². The first kappa shape index (κ1) is 20.4. The predicted octanol–water partition coefficient (Wildman–Crippen LogP) is 2.83. The molecule has 0 spiro atoms. The molecule has 28 heavy (non-hydrogen) atoms. The molecule has 152 valence electrons. The second-order valence-corrected chi connectivity index (χ2v) is 8.06. The van der Waals surface area contributed by atoms with E-state index in [0.717, 1.165) is 16.5 Å². The number of para-hydroxylation sites is 1. The van der Waals surface area contributed by atoms with E-state index < -0.39 is 11.7 Å². The zero-order chi connectivity index (χ0) is 20.3. The standard InChI is InChI=1S/C21H29N3O4/c1-21(2,3)28-20(26)24-12-10-23(11-13-24)14-17(25)16-7-5-6-15-8-9-18(27-4)22-19(15)16/h5-9,17,25H,10-14H2,1-4H3. The number of rotatable bonds is 4. The van der Waals surface area contributed by atoms with E-state index in [2.05, 4.69) is 9.88 Å². The van der Waals surface area contributed by atoms with Gasteiger partial charge in [0.05, 0.1) is 18.7 Å². The summed E-state index contributed by atoms with van der Waals surface area (Å²) < 4.78 is 10.7. The number of β-amino-alcohol motifs (C(OH)–C–C–N with tert-alkyl or cyclic N) is 1. The first-order chi connectivity index (χ1) is 13.3. The SMILES string of the molecule is COc1ccc2cccc(C(O)CN3CCN(C(=O)OC(C)(C)C)CC3)c2n1. The van der Waals surface area contributed by atoms with E-state index in [-0.39, 0.29) is 6.09 Å². The Kier molecular flexibility index (Phi) is 6.05. The summed E-state index contributed by atoms with van der Waals surface area (Å²) >= 11 is 0. The molecule has 0 radical (unpaired) electrons. The van der Waals surface area contributed by atoms with Crippen molar-refractivity contribution < 1.29 is 19.4 Å². The number of amides is 1. The molecule has 1 aliphatic rings. The van der Waals surface area contributed by atoms with Gasteiger partial charge in [0.15, 0.2) is 0 Å². The van der Waals surface area contributed by atoms with E-state index >= 15 is 0 Å². The van der Waals surface area contributed by atoms with Crippen LogP contribution in [0.1, 0.15) is 32.4 Å². The fourth-order valence-electron chi connectivity index (χ4n) is 3.32. The Balaban J connectivity index is 1.63. The highest BCUT2D eigenvalue weighted by atomic mass is 16.6. The predicted molar refractivity (Wildman–Crippen MR) is 108 cm³/mol. The van der Waals surface area contributed by atoms with E-state index in [1.54, 1.807) is 12.0 Å². The Morgan fingerprint density at radius 2 is 1.89 bits per heavy atom. The normalized spacial score (nSPS) is 16.8. The lowest BCUT2D eigenvalue weighted by Crippen LogP contribution is -2.50. The van der Waals surface area contributed by atoms with Gasteiger partial charge in [-0.05, 0) is 26.8 Å². The summed E-state index contributed by atoms with van der Waals surface area (Å²) in [4.78, 5) is 20.6. The van der Waals surface area contributed by atoms with Crippen molar-refractivity contribution in [1.29, 1.82) is 0 Å². The maximum absolute atomic E-state index is 12.2. The average Bonchev–Trinajstić information content (AvgIpc) is 2.66. The molecule has 0 saturated carbocycles. The molecule has 2 heterocycles. The smallest absolute Gasteiger partial charge is 0.410 e. The Hall–Kier alpha value is -2.38. The topological polar surface area (TPSA) is 75.1 Å². The van der Waals surface area contributed by atoms with Gasteiger partial charge in [-0.1, -0.05) is 18.2 Å². The minimum Gasteiger partial charge on any atom is -0.481 e. The molecule has 1 saturated heterocycles. The van der Waals surface area contributed by atoms with Crippen molar-refractivity contribution in [3.8, 4) is 5.88 Å². The highest BCUT2D eigenvalue weighted by Gasteiger charge is 2.27. The number of methoxy groups -OCH3 is 1. The summed E-state index contributed by atoms with van der Waals surface area (Å²) in [6.45, 7) is 8.64. The number of pyridine rings is 1. The zero-order valence-electron chi connectivity index (χ0n) is 17.0. The summed E-state index contributed by atoms with van der Waals surface area (Å²) in [5, 5.41) is 11.8. The van der Waals surface area contributed by atoms with Crippen molar-refractivity contribution in [1.82, 2.24) is 14.8 Å². The second kappa shape index (κ2) is 8.32. The molecule has 1 atom stereocenters. The van der Waals surface area contributed by atoms with Crippen LogP contribution in [0.2, 0.25) is 0 Å². The Morgan fingerprint density at radius 1 is 1.18 bits per heavy atom. The van der Waals surface area contributed by atoms with E-state index in [0.29, 0.717) is 38.6 Å². The van der Waals surface area contributed by atoms with Gasteiger partial charge in [0.2, 0.25) is 5.88 Å². The monoisotopic (exact) mass is 387 g/mol. The lowest BCUT2D eigenvalue weighted by atomic mass is 10.0. The van der Waals surface area contributed by atoms with Gasteiger partial charge >= 0.3 is 6.09 Å². The lowest BCUT2D eigenvalue weighted by Gasteiger charge is -2.36. The maximum Gasteiger partial charge on any atom is 0.410 e. The van der Waals surface area contributed by atoms with Crippen LogP contribution in [-0.2, 0) is 4.74 Å². The molecule has 2 aromatic rings. The number of aliphatic hydroxyl groups excluding tert-OH is 1. The maximum atomic E-state index is 12.2. The molecule has 1 N–H and O–H groups in total. The van der Waals surface area contributed by atoms with Gasteiger partial charge in [-0.2, -0.15) is 0 Å². The molecule has 1 unspecified atom stereocenters. The number of hydrogen-bond acceptors (Lipinski definition) is 6. The molecule has 1 fully saturated rings. The van der Waals surface area contributed by atoms with Crippen molar-refractivity contribution >= 4 is 17.0 Å². The quantitative estimate of drug-likeness (QED) is 0.870. The molecule has 1 aromatic carbocycles. The van der Waals surface area contributed by atoms with Crippen LogP contribution in [0.25, 0.3) is 10.9 Å². The number of hydrogen-bond donors (Lipinski definition) is 1. The molecule has 3 rings (SSSR count). The minimum absolute atomic E-state index is 0.280. The van der Waals surface area contributed by atoms with Crippen molar-refractivity contribution in [2.45, 2.75) is 32.5 Å². The third-order valence-corrected chi connectivity index (χ3v) is 4.75. The van der Waals surface area contributed by atoms with E-state index in [1.165, 1.54) is 0 Å². The third kappa shape index (κ3) is 4.91. The van der Waals surface area contributed by atoms with Crippen LogP contribution >= 0.6 is 0 Å². The number of carbonyl (C=O) groups excluding carboxylic acids is 1. The first-order valence-corrected chi connectivity index (χ1v) is 9.59. The van der Waals surface area contributed by atoms with Gasteiger partial charge in [0, 0.05) is 49.7 Å². The van der Waals surface area contributed by atoms with Crippen molar-refractivity contribution in [3.63, 3.8) is 0 Å². The Morgan fingerprint density at radius 3 is 2.54 bits per heavy atom. The van der Waals surface area contributed by atoms with Crippen LogP contribution in [0, 0.1) is 0 Å². The number of aromatic nitrogens is 1. The van der Waals surface area contributed by atoms with Crippen LogP contribution in [0.15, 0.2) is 30.3 Å². The lowest BCUT2D eigenvalue weighted by molar-refractivity contribution is 0.0101. The Bertz CT molecular complexity index is 826. The fourth-order valence-corrected chi connectivity index (χ4v) is 3.32. The number of ether oxygens (including phenoxy) is 2. The van der Waals surface area contributed by atoms with Gasteiger partial charge in [-0.15, -0.1) is 0 Å². The summed E-state index contributed by atoms with van der Waals surface area (Å²) in [7, 11) is 1.58. The van der Waals surface area contributed by atoms with E-state index in [4.69, 9.17) is 9.47 Å². The third-order valence-electron chi connectivity index (χ3n) is 4.75. The van der Waals surface area contributed by atoms with Crippen LogP contribution in [-0.4, -0.2) is 71.4 Å². The first-order valence-electron chi connectivity index (χ1n) is 9.59. The van der Waals surface area contributed by atoms with Crippen LogP contribution in [0.3, 0.4) is 0 Å². The number of fused-ring (bicyclic) bond motifs is 1. The molecule has 7 nitrogen and oxygen atoms in total. The van der Waals surface area contributed by atoms with Gasteiger partial charge in [0.25, 0.3) is 0 Å². The Labute approximate surface area is 165 Å². The fraction of sp³-hybridized carbons (Fsp3) is 0.524. The summed E-state index contributed by atoms with van der Waals surface area (Å²) in [6.07, 6.45) is -0.950. The molecule has 1 aromatic heterocycles.